The highest BCUT2D eigenvalue weighted by Crippen LogP contribution is 2.19. The summed E-state index contributed by atoms with van der Waals surface area (Å²) < 4.78 is 13.0. The van der Waals surface area contributed by atoms with Gasteiger partial charge < -0.3 is 5.32 Å². The van der Waals surface area contributed by atoms with E-state index in [0.717, 1.165) is 10.6 Å². The number of benzene rings is 2. The molecule has 2 rings (SSSR count). The van der Waals surface area contributed by atoms with Crippen LogP contribution in [0.2, 0.25) is 5.02 Å². The summed E-state index contributed by atoms with van der Waals surface area (Å²) in [5.74, 6) is 0.354. The van der Waals surface area contributed by atoms with Crippen molar-refractivity contribution in [2.45, 2.75) is 11.3 Å². The summed E-state index contributed by atoms with van der Waals surface area (Å²) in [5.41, 5.74) is 0.679. The van der Waals surface area contributed by atoms with E-state index in [4.69, 9.17) is 11.6 Å². The third kappa shape index (κ3) is 5.78. The van der Waals surface area contributed by atoms with Crippen molar-refractivity contribution < 1.29 is 9.18 Å². The molecule has 0 aromatic heterocycles. The smallest absolute Gasteiger partial charge is 0.224 e. The first-order chi connectivity index (χ1) is 10.1. The number of hydrogen-bond donors (Lipinski definition) is 1. The van der Waals surface area contributed by atoms with Crippen LogP contribution in [0.4, 0.5) is 4.39 Å². The molecule has 2 nitrogen and oxygen atoms in total. The predicted molar refractivity (Wildman–Crippen MR) is 85.3 cm³/mol. The summed E-state index contributed by atoms with van der Waals surface area (Å²) in [6.07, 6.45) is 0.198. The van der Waals surface area contributed by atoms with Crippen LogP contribution in [0.1, 0.15) is 5.56 Å². The predicted octanol–water partition coefficient (Wildman–Crippen LogP) is 3.93. The number of carbonyl (C=O) groups is 1. The molecular weight excluding hydrogens is 309 g/mol. The molecule has 0 heterocycles. The highest BCUT2D eigenvalue weighted by atomic mass is 35.5. The van der Waals surface area contributed by atoms with Gasteiger partial charge in [0.1, 0.15) is 5.82 Å². The Morgan fingerprint density at radius 3 is 2.67 bits per heavy atom. The van der Waals surface area contributed by atoms with E-state index in [1.807, 2.05) is 24.3 Å². The molecule has 1 amide bonds. The van der Waals surface area contributed by atoms with Crippen LogP contribution >= 0.6 is 23.4 Å². The van der Waals surface area contributed by atoms with Crippen molar-refractivity contribution in [1.82, 2.24) is 5.32 Å². The fourth-order valence-corrected chi connectivity index (χ4v) is 2.68. The Hall–Kier alpha value is -1.52. The van der Waals surface area contributed by atoms with Crippen molar-refractivity contribution in [1.29, 1.82) is 0 Å². The highest BCUT2D eigenvalue weighted by molar-refractivity contribution is 7.99. The van der Waals surface area contributed by atoms with Gasteiger partial charge in [-0.25, -0.2) is 4.39 Å². The van der Waals surface area contributed by atoms with E-state index in [0.29, 0.717) is 17.1 Å². The van der Waals surface area contributed by atoms with Gasteiger partial charge in [0.2, 0.25) is 5.91 Å². The van der Waals surface area contributed by atoms with Gasteiger partial charge in [-0.15, -0.1) is 11.8 Å². The Balaban J connectivity index is 1.68. The number of hydrogen-bond acceptors (Lipinski definition) is 2. The van der Waals surface area contributed by atoms with Crippen LogP contribution < -0.4 is 5.32 Å². The van der Waals surface area contributed by atoms with E-state index in [1.165, 1.54) is 12.1 Å². The molecule has 0 aliphatic rings. The van der Waals surface area contributed by atoms with Gasteiger partial charge in [-0.2, -0.15) is 0 Å². The molecule has 0 fully saturated rings. The fraction of sp³-hybridized carbons (Fsp3) is 0.188. The summed E-state index contributed by atoms with van der Waals surface area (Å²) in [6, 6.07) is 13.7. The molecule has 0 atom stereocenters. The van der Waals surface area contributed by atoms with Gasteiger partial charge in [-0.3, -0.25) is 4.79 Å². The molecule has 0 unspecified atom stereocenters. The Labute approximate surface area is 132 Å². The molecule has 2 aromatic rings. The molecule has 0 spiro atoms. The fourth-order valence-electron chi connectivity index (χ4n) is 1.78. The number of nitrogens with one attached hydrogen (secondary N) is 1. The Morgan fingerprint density at radius 2 is 1.95 bits per heavy atom. The molecule has 0 saturated heterocycles. The maximum absolute atomic E-state index is 13.0. The largest absolute Gasteiger partial charge is 0.355 e. The minimum Gasteiger partial charge on any atom is -0.355 e. The lowest BCUT2D eigenvalue weighted by molar-refractivity contribution is -0.120. The average Bonchev–Trinajstić information content (AvgIpc) is 2.45. The molecule has 0 aliphatic carbocycles. The van der Waals surface area contributed by atoms with Crippen LogP contribution in [0.5, 0.6) is 0 Å². The molecule has 5 heteroatoms. The Bertz CT molecular complexity index is 603. The normalized spacial score (nSPS) is 10.4. The maximum Gasteiger partial charge on any atom is 0.224 e. The van der Waals surface area contributed by atoms with Crippen molar-refractivity contribution in [2.24, 2.45) is 0 Å². The van der Waals surface area contributed by atoms with Gasteiger partial charge in [0.05, 0.1) is 6.42 Å². The van der Waals surface area contributed by atoms with Gasteiger partial charge in [-0.05, 0) is 42.0 Å². The van der Waals surface area contributed by atoms with Crippen LogP contribution in [-0.2, 0) is 11.2 Å². The van der Waals surface area contributed by atoms with Gasteiger partial charge >= 0.3 is 0 Å². The summed E-state index contributed by atoms with van der Waals surface area (Å²) in [6.45, 7) is 0.571. The van der Waals surface area contributed by atoms with Crippen molar-refractivity contribution in [3.05, 3.63) is 64.9 Å². The first-order valence-corrected chi connectivity index (χ1v) is 7.89. The second-order valence-electron chi connectivity index (χ2n) is 4.46. The van der Waals surface area contributed by atoms with Crippen molar-refractivity contribution >= 4 is 29.3 Å². The van der Waals surface area contributed by atoms with Crippen LogP contribution in [0.15, 0.2) is 53.4 Å². The molecule has 0 aliphatic heterocycles. The van der Waals surface area contributed by atoms with Crippen LogP contribution in [0, 0.1) is 5.82 Å². The van der Waals surface area contributed by atoms with E-state index in [1.54, 1.807) is 23.9 Å². The van der Waals surface area contributed by atoms with Crippen molar-refractivity contribution in [2.75, 3.05) is 12.3 Å². The molecule has 21 heavy (non-hydrogen) atoms. The zero-order valence-corrected chi connectivity index (χ0v) is 12.9. The third-order valence-corrected chi connectivity index (χ3v) is 4.03. The quantitative estimate of drug-likeness (QED) is 0.644. The number of carbonyl (C=O) groups excluding carboxylic acids is 1. The zero-order chi connectivity index (χ0) is 15.1. The molecular formula is C16H15ClFNOS. The highest BCUT2D eigenvalue weighted by Gasteiger charge is 2.03. The van der Waals surface area contributed by atoms with Gasteiger partial charge in [0.15, 0.2) is 0 Å². The molecule has 0 bridgehead atoms. The van der Waals surface area contributed by atoms with E-state index in [2.05, 4.69) is 5.32 Å². The van der Waals surface area contributed by atoms with Gasteiger partial charge in [0.25, 0.3) is 0 Å². The average molecular weight is 324 g/mol. The Morgan fingerprint density at radius 1 is 1.19 bits per heavy atom. The lowest BCUT2D eigenvalue weighted by Crippen LogP contribution is -2.27. The van der Waals surface area contributed by atoms with E-state index < -0.39 is 0 Å². The van der Waals surface area contributed by atoms with Crippen LogP contribution in [0.3, 0.4) is 0 Å². The second kappa shape index (κ2) is 8.05. The SMILES string of the molecule is O=C(Cc1cccc(F)c1)NCCSc1ccc(Cl)cc1. The van der Waals surface area contributed by atoms with Crippen LogP contribution in [0.25, 0.3) is 0 Å². The number of halogens is 2. The lowest BCUT2D eigenvalue weighted by atomic mass is 10.1. The standard InChI is InChI=1S/C16H15ClFNOS/c17-13-4-6-15(7-5-13)21-9-8-19-16(20)11-12-2-1-3-14(18)10-12/h1-7,10H,8-9,11H2,(H,19,20). The van der Waals surface area contributed by atoms with Crippen LogP contribution in [-0.4, -0.2) is 18.2 Å². The topological polar surface area (TPSA) is 29.1 Å². The number of thioether (sulfide) groups is 1. The monoisotopic (exact) mass is 323 g/mol. The van der Waals surface area contributed by atoms with E-state index in [-0.39, 0.29) is 18.1 Å². The summed E-state index contributed by atoms with van der Waals surface area (Å²) in [4.78, 5) is 12.8. The van der Waals surface area contributed by atoms with E-state index in [9.17, 15) is 9.18 Å². The van der Waals surface area contributed by atoms with Crippen molar-refractivity contribution in [3.8, 4) is 0 Å². The summed E-state index contributed by atoms with van der Waals surface area (Å²) in [5, 5.41) is 3.53. The second-order valence-corrected chi connectivity index (χ2v) is 6.06. The first kappa shape index (κ1) is 15.9. The maximum atomic E-state index is 13.0. The number of rotatable bonds is 6. The molecule has 1 N–H and O–H groups in total. The third-order valence-electron chi connectivity index (χ3n) is 2.76. The summed E-state index contributed by atoms with van der Waals surface area (Å²) in [7, 11) is 0. The van der Waals surface area contributed by atoms with Gasteiger partial charge in [0, 0.05) is 22.2 Å². The first-order valence-electron chi connectivity index (χ1n) is 6.53. The minimum absolute atomic E-state index is 0.0997. The van der Waals surface area contributed by atoms with E-state index >= 15 is 0 Å². The molecule has 0 saturated carbocycles. The zero-order valence-electron chi connectivity index (χ0n) is 11.3. The lowest BCUT2D eigenvalue weighted by Gasteiger charge is -2.06. The minimum atomic E-state index is -0.321. The number of amides is 1. The van der Waals surface area contributed by atoms with Crippen molar-refractivity contribution in [3.63, 3.8) is 0 Å². The molecule has 110 valence electrons. The Kier molecular flexibility index (Phi) is 6.08. The molecule has 2 aromatic carbocycles. The van der Waals surface area contributed by atoms with Gasteiger partial charge in [-0.1, -0.05) is 23.7 Å². The summed E-state index contributed by atoms with van der Waals surface area (Å²) >= 11 is 7.46. The molecule has 0 radical (unpaired) electrons.